The summed E-state index contributed by atoms with van der Waals surface area (Å²) in [6.45, 7) is 3.88. The third-order valence-electron chi connectivity index (χ3n) is 3.55. The summed E-state index contributed by atoms with van der Waals surface area (Å²) in [6.07, 6.45) is 0. The zero-order valence-corrected chi connectivity index (χ0v) is 15.1. The molecule has 2 atom stereocenters. The van der Waals surface area contributed by atoms with E-state index in [-0.39, 0.29) is 18.0 Å². The average molecular weight is 373 g/mol. The van der Waals surface area contributed by atoms with E-state index in [0.717, 1.165) is 5.56 Å². The van der Waals surface area contributed by atoms with Crippen molar-refractivity contribution in [3.63, 3.8) is 0 Å². The number of anilines is 1. The lowest BCUT2D eigenvalue weighted by Crippen LogP contribution is -2.91. The minimum atomic E-state index is -0.282. The van der Waals surface area contributed by atoms with E-state index in [1.54, 1.807) is 18.2 Å². The molecule has 3 nitrogen and oxygen atoms in total. The van der Waals surface area contributed by atoms with E-state index < -0.39 is 0 Å². The Kier molecular flexibility index (Phi) is 6.31. The van der Waals surface area contributed by atoms with E-state index in [1.807, 2.05) is 43.4 Å². The first-order valence-corrected chi connectivity index (χ1v) is 8.36. The lowest BCUT2D eigenvalue weighted by Gasteiger charge is -2.17. The molecule has 0 aliphatic rings. The van der Waals surface area contributed by atoms with Crippen LogP contribution in [0.4, 0.5) is 5.69 Å². The number of halogens is 3. The predicted molar refractivity (Wildman–Crippen MR) is 96.3 cm³/mol. The molecule has 3 N–H and O–H groups in total. The molecule has 6 heteroatoms. The molecular formula is C17H18Cl3N2O+. The number of nitrogens with one attached hydrogen (secondary N) is 1. The van der Waals surface area contributed by atoms with Crippen LogP contribution in [0.1, 0.15) is 25.5 Å². The molecular weight excluding hydrogens is 355 g/mol. The number of carbonyl (C=O) groups is 1. The number of hydrogen-bond donors (Lipinski definition) is 2. The van der Waals surface area contributed by atoms with Gasteiger partial charge in [0.25, 0.3) is 5.91 Å². The molecule has 0 bridgehead atoms. The third-order valence-corrected chi connectivity index (χ3v) is 4.34. The quantitative estimate of drug-likeness (QED) is 0.807. The van der Waals surface area contributed by atoms with Gasteiger partial charge in [-0.3, -0.25) is 4.79 Å². The van der Waals surface area contributed by atoms with Crippen LogP contribution >= 0.6 is 34.8 Å². The Bertz CT molecular complexity index is 706. The smallest absolute Gasteiger partial charge is 0.282 e. The number of nitrogens with two attached hydrogens (primary N) is 1. The normalized spacial score (nSPS) is 13.4. The lowest BCUT2D eigenvalue weighted by molar-refractivity contribution is -0.709. The average Bonchev–Trinajstić information content (AvgIpc) is 2.49. The topological polar surface area (TPSA) is 45.7 Å². The van der Waals surface area contributed by atoms with Gasteiger partial charge in [-0.1, -0.05) is 46.9 Å². The van der Waals surface area contributed by atoms with Gasteiger partial charge in [0.2, 0.25) is 0 Å². The van der Waals surface area contributed by atoms with Gasteiger partial charge in [0, 0.05) is 15.6 Å². The van der Waals surface area contributed by atoms with Crippen molar-refractivity contribution in [3.05, 3.63) is 63.1 Å². The highest BCUT2D eigenvalue weighted by atomic mass is 35.5. The van der Waals surface area contributed by atoms with Crippen molar-refractivity contribution >= 4 is 46.4 Å². The van der Waals surface area contributed by atoms with Crippen molar-refractivity contribution in [1.29, 1.82) is 0 Å². The molecule has 0 aromatic heterocycles. The Hall–Kier alpha value is -1.26. The van der Waals surface area contributed by atoms with E-state index in [2.05, 4.69) is 5.32 Å². The second-order valence-electron chi connectivity index (χ2n) is 5.44. The number of carbonyl (C=O) groups excluding carboxylic acids is 1. The number of hydrogen-bond acceptors (Lipinski definition) is 1. The second-order valence-corrected chi connectivity index (χ2v) is 6.72. The second kappa shape index (κ2) is 8.02. The van der Waals surface area contributed by atoms with Crippen LogP contribution in [0.3, 0.4) is 0 Å². The van der Waals surface area contributed by atoms with E-state index >= 15 is 0 Å². The van der Waals surface area contributed by atoms with Crippen molar-refractivity contribution in [3.8, 4) is 0 Å². The highest BCUT2D eigenvalue weighted by molar-refractivity contribution is 6.36. The summed E-state index contributed by atoms with van der Waals surface area (Å²) in [5.41, 5.74) is 1.62. The van der Waals surface area contributed by atoms with Gasteiger partial charge in [0.1, 0.15) is 6.04 Å². The fourth-order valence-electron chi connectivity index (χ4n) is 2.26. The number of amides is 1. The number of rotatable bonds is 5. The molecule has 0 saturated heterocycles. The van der Waals surface area contributed by atoms with Gasteiger partial charge in [0.05, 0.1) is 10.7 Å². The van der Waals surface area contributed by atoms with Gasteiger partial charge in [-0.25, -0.2) is 0 Å². The van der Waals surface area contributed by atoms with Gasteiger partial charge in [-0.15, -0.1) is 0 Å². The van der Waals surface area contributed by atoms with E-state index in [0.29, 0.717) is 20.8 Å². The van der Waals surface area contributed by atoms with E-state index in [9.17, 15) is 4.79 Å². The molecule has 0 aliphatic carbocycles. The molecule has 2 rings (SSSR count). The first-order chi connectivity index (χ1) is 10.9. The summed E-state index contributed by atoms with van der Waals surface area (Å²) in [5, 5.41) is 6.43. The maximum Gasteiger partial charge on any atom is 0.282 e. The van der Waals surface area contributed by atoms with E-state index in [1.165, 1.54) is 0 Å². The zero-order chi connectivity index (χ0) is 17.0. The van der Waals surface area contributed by atoms with Crippen molar-refractivity contribution in [2.75, 3.05) is 5.32 Å². The monoisotopic (exact) mass is 371 g/mol. The SMILES string of the molecule is C[C@@H]([NH2+][C@H](C)c1cccc(Cl)c1)C(=O)Nc1ccc(Cl)cc1Cl. The Morgan fingerprint density at radius 1 is 1.04 bits per heavy atom. The summed E-state index contributed by atoms with van der Waals surface area (Å²) < 4.78 is 0. The number of quaternary nitrogens is 1. The van der Waals surface area contributed by atoms with Crippen LogP contribution in [0.2, 0.25) is 15.1 Å². The lowest BCUT2D eigenvalue weighted by atomic mass is 10.1. The third kappa shape index (κ3) is 5.11. The van der Waals surface area contributed by atoms with Gasteiger partial charge in [-0.05, 0) is 44.2 Å². The first-order valence-electron chi connectivity index (χ1n) is 7.23. The molecule has 23 heavy (non-hydrogen) atoms. The molecule has 0 saturated carbocycles. The fraction of sp³-hybridized carbons (Fsp3) is 0.235. The highest BCUT2D eigenvalue weighted by Gasteiger charge is 2.21. The van der Waals surface area contributed by atoms with Crippen LogP contribution in [0.15, 0.2) is 42.5 Å². The minimum Gasteiger partial charge on any atom is -0.330 e. The first kappa shape index (κ1) is 18.1. The van der Waals surface area contributed by atoms with Gasteiger partial charge < -0.3 is 10.6 Å². The predicted octanol–water partition coefficient (Wildman–Crippen LogP) is 4.30. The van der Waals surface area contributed by atoms with Gasteiger partial charge >= 0.3 is 0 Å². The van der Waals surface area contributed by atoms with Crippen LogP contribution in [-0.4, -0.2) is 11.9 Å². The molecule has 2 aromatic rings. The van der Waals surface area contributed by atoms with Crippen LogP contribution in [0.5, 0.6) is 0 Å². The summed E-state index contributed by atoms with van der Waals surface area (Å²) >= 11 is 17.9. The largest absolute Gasteiger partial charge is 0.330 e. The van der Waals surface area contributed by atoms with Crippen molar-refractivity contribution < 1.29 is 10.1 Å². The Labute approximate surface area is 150 Å². The zero-order valence-electron chi connectivity index (χ0n) is 12.8. The summed E-state index contributed by atoms with van der Waals surface area (Å²) in [7, 11) is 0. The number of benzene rings is 2. The van der Waals surface area contributed by atoms with Crippen LogP contribution in [0, 0.1) is 0 Å². The van der Waals surface area contributed by atoms with Crippen LogP contribution in [-0.2, 0) is 4.79 Å². The maximum atomic E-state index is 12.3. The summed E-state index contributed by atoms with van der Waals surface area (Å²) in [6, 6.07) is 12.4. The molecule has 122 valence electrons. The Morgan fingerprint density at radius 3 is 2.39 bits per heavy atom. The Morgan fingerprint density at radius 2 is 1.74 bits per heavy atom. The van der Waals surface area contributed by atoms with Crippen molar-refractivity contribution in [1.82, 2.24) is 0 Å². The molecule has 1 amide bonds. The molecule has 0 heterocycles. The summed E-state index contributed by atoms with van der Waals surface area (Å²) in [4.78, 5) is 12.3. The van der Waals surface area contributed by atoms with E-state index in [4.69, 9.17) is 34.8 Å². The van der Waals surface area contributed by atoms with Crippen molar-refractivity contribution in [2.45, 2.75) is 25.9 Å². The maximum absolute atomic E-state index is 12.3. The highest BCUT2D eigenvalue weighted by Crippen LogP contribution is 2.25. The van der Waals surface area contributed by atoms with Crippen LogP contribution < -0.4 is 10.6 Å². The molecule has 0 spiro atoms. The van der Waals surface area contributed by atoms with Gasteiger partial charge in [0.15, 0.2) is 6.04 Å². The molecule has 0 radical (unpaired) electrons. The Balaban J connectivity index is 1.99. The fourth-order valence-corrected chi connectivity index (χ4v) is 2.91. The van der Waals surface area contributed by atoms with Crippen LogP contribution in [0.25, 0.3) is 0 Å². The summed E-state index contributed by atoms with van der Waals surface area (Å²) in [5.74, 6) is -0.122. The van der Waals surface area contributed by atoms with Gasteiger partial charge in [-0.2, -0.15) is 0 Å². The standard InChI is InChI=1S/C17H17Cl3N2O/c1-10(12-4-3-5-13(18)8-12)21-11(2)17(23)22-16-7-6-14(19)9-15(16)20/h3-11,21H,1-2H3,(H,22,23)/p+1/t10-,11-/m1/s1. The minimum absolute atomic E-state index is 0.107. The van der Waals surface area contributed by atoms with Crippen molar-refractivity contribution in [2.24, 2.45) is 0 Å². The molecule has 0 aliphatic heterocycles. The molecule has 0 unspecified atom stereocenters. The molecule has 0 fully saturated rings. The molecule has 2 aromatic carbocycles.